The Labute approximate surface area is 160 Å². The maximum atomic E-state index is 13.0. The van der Waals surface area contributed by atoms with Crippen molar-refractivity contribution in [1.29, 1.82) is 0 Å². The minimum Gasteiger partial charge on any atom is -0.468 e. The number of esters is 1. The zero-order valence-electron chi connectivity index (χ0n) is 16.0. The molecule has 0 amide bonds. The smallest absolute Gasteiger partial charge is 0.324 e. The van der Waals surface area contributed by atoms with E-state index < -0.39 is 27.4 Å². The molecule has 27 heavy (non-hydrogen) atoms. The Kier molecular flexibility index (Phi) is 5.20. The van der Waals surface area contributed by atoms with E-state index in [2.05, 4.69) is 4.72 Å². The van der Waals surface area contributed by atoms with Gasteiger partial charge in [-0.15, -0.1) is 0 Å². The fraction of sp³-hybridized carbons (Fsp3) is 0.600. The zero-order valence-corrected chi connectivity index (χ0v) is 16.8. The van der Waals surface area contributed by atoms with E-state index in [0.717, 1.165) is 12.0 Å². The Morgan fingerprint density at radius 2 is 1.96 bits per heavy atom. The summed E-state index contributed by atoms with van der Waals surface area (Å²) in [5, 5.41) is 0. The Hall–Kier alpha value is -1.73. The zero-order chi connectivity index (χ0) is 19.9. The van der Waals surface area contributed by atoms with Gasteiger partial charge in [0.25, 0.3) is 0 Å². The summed E-state index contributed by atoms with van der Waals surface area (Å²) in [7, 11) is -2.62. The van der Waals surface area contributed by atoms with Gasteiger partial charge in [0.05, 0.1) is 12.9 Å². The van der Waals surface area contributed by atoms with Gasteiger partial charge in [-0.3, -0.25) is 9.59 Å². The van der Waals surface area contributed by atoms with Gasteiger partial charge in [0.2, 0.25) is 10.0 Å². The van der Waals surface area contributed by atoms with Crippen molar-refractivity contribution in [3.05, 3.63) is 35.9 Å². The maximum Gasteiger partial charge on any atom is 0.324 e. The molecule has 0 saturated heterocycles. The normalized spacial score (nSPS) is 27.5. The van der Waals surface area contributed by atoms with Gasteiger partial charge in [-0.05, 0) is 36.2 Å². The molecular formula is C20H27NO5S. The number of rotatable bonds is 7. The first-order valence-electron chi connectivity index (χ1n) is 9.26. The van der Waals surface area contributed by atoms with Crippen LogP contribution in [0.4, 0.5) is 0 Å². The van der Waals surface area contributed by atoms with Gasteiger partial charge in [0.1, 0.15) is 11.8 Å². The third-order valence-corrected chi connectivity index (χ3v) is 8.18. The van der Waals surface area contributed by atoms with Crippen molar-refractivity contribution < 1.29 is 22.7 Å². The number of benzene rings is 1. The van der Waals surface area contributed by atoms with Crippen LogP contribution in [0.1, 0.15) is 38.7 Å². The largest absolute Gasteiger partial charge is 0.468 e. The van der Waals surface area contributed by atoms with E-state index in [9.17, 15) is 18.0 Å². The molecule has 1 unspecified atom stereocenters. The highest BCUT2D eigenvalue weighted by Gasteiger charge is 2.65. The SMILES string of the molecule is COC(=O)C(Cc1ccccc1)NS(=O)(=O)C[C@]12CC[C@H](CC1=O)C2(C)C. The molecule has 0 aromatic heterocycles. The fourth-order valence-electron chi connectivity index (χ4n) is 4.86. The molecule has 6 nitrogen and oxygen atoms in total. The molecule has 2 aliphatic carbocycles. The van der Waals surface area contributed by atoms with Gasteiger partial charge in [-0.2, -0.15) is 0 Å². The van der Waals surface area contributed by atoms with E-state index in [1.807, 2.05) is 44.2 Å². The van der Waals surface area contributed by atoms with Gasteiger partial charge in [0.15, 0.2) is 0 Å². The first-order valence-corrected chi connectivity index (χ1v) is 10.9. The predicted octanol–water partition coefficient (Wildman–Crippen LogP) is 2.09. The second kappa shape index (κ2) is 7.02. The minimum atomic E-state index is -3.86. The lowest BCUT2D eigenvalue weighted by Gasteiger charge is -2.36. The molecule has 7 heteroatoms. The number of fused-ring (bicyclic) bond motifs is 2. The summed E-state index contributed by atoms with van der Waals surface area (Å²) in [5.74, 6) is -0.640. The molecule has 3 atom stereocenters. The van der Waals surface area contributed by atoms with Crippen LogP contribution in [0, 0.1) is 16.7 Å². The van der Waals surface area contributed by atoms with E-state index in [1.54, 1.807) is 0 Å². The molecule has 0 heterocycles. The van der Waals surface area contributed by atoms with Crippen LogP contribution in [0.3, 0.4) is 0 Å². The lowest BCUT2D eigenvalue weighted by Crippen LogP contribution is -2.50. The molecule has 1 aromatic carbocycles. The fourth-order valence-corrected chi connectivity index (χ4v) is 6.88. The summed E-state index contributed by atoms with van der Waals surface area (Å²) in [6, 6.07) is 8.15. The van der Waals surface area contributed by atoms with E-state index in [-0.39, 0.29) is 29.3 Å². The number of ketones is 1. The third-order valence-electron chi connectivity index (χ3n) is 6.67. The molecule has 0 aliphatic heterocycles. The highest BCUT2D eigenvalue weighted by Crippen LogP contribution is 2.64. The number of sulfonamides is 1. The van der Waals surface area contributed by atoms with Crippen LogP contribution >= 0.6 is 0 Å². The predicted molar refractivity (Wildman–Crippen MR) is 101 cm³/mol. The van der Waals surface area contributed by atoms with Crippen molar-refractivity contribution in [1.82, 2.24) is 4.72 Å². The van der Waals surface area contributed by atoms with Gasteiger partial charge >= 0.3 is 5.97 Å². The Balaban J connectivity index is 1.81. The summed E-state index contributed by atoms with van der Waals surface area (Å²) < 4.78 is 33.2. The van der Waals surface area contributed by atoms with Crippen molar-refractivity contribution >= 4 is 21.8 Å². The highest BCUT2D eigenvalue weighted by molar-refractivity contribution is 7.89. The molecule has 2 aliphatic rings. The van der Waals surface area contributed by atoms with Crippen LogP contribution in [0.2, 0.25) is 0 Å². The van der Waals surface area contributed by atoms with Gasteiger partial charge < -0.3 is 4.74 Å². The monoisotopic (exact) mass is 393 g/mol. The highest BCUT2D eigenvalue weighted by atomic mass is 32.2. The summed E-state index contributed by atoms with van der Waals surface area (Å²) in [6.07, 6.45) is 2.11. The first kappa shape index (κ1) is 20.0. The van der Waals surface area contributed by atoms with Gasteiger partial charge in [-0.25, -0.2) is 13.1 Å². The summed E-state index contributed by atoms with van der Waals surface area (Å²) in [5.41, 5.74) is -0.386. The van der Waals surface area contributed by atoms with E-state index >= 15 is 0 Å². The molecule has 2 bridgehead atoms. The lowest BCUT2D eigenvalue weighted by atomic mass is 9.70. The molecule has 1 N–H and O–H groups in total. The summed E-state index contributed by atoms with van der Waals surface area (Å²) in [6.45, 7) is 3.99. The Morgan fingerprint density at radius 3 is 2.48 bits per heavy atom. The quantitative estimate of drug-likeness (QED) is 0.717. The minimum absolute atomic E-state index is 0.0341. The molecule has 3 rings (SSSR count). The maximum absolute atomic E-state index is 13.0. The van der Waals surface area contributed by atoms with Crippen molar-refractivity contribution in [3.63, 3.8) is 0 Å². The van der Waals surface area contributed by atoms with Crippen LogP contribution in [-0.4, -0.2) is 39.1 Å². The second-order valence-electron chi connectivity index (χ2n) is 8.31. The summed E-state index contributed by atoms with van der Waals surface area (Å²) >= 11 is 0. The van der Waals surface area contributed by atoms with Crippen molar-refractivity contribution in [2.75, 3.05) is 12.9 Å². The standard InChI is InChI=1S/C20H27NO5S/c1-19(2)15-9-10-20(19,17(22)12-15)13-27(24,25)21-16(18(23)26-3)11-14-7-5-4-6-8-14/h4-8,15-16,21H,9-13H2,1-3H3/t15-,16?,20-/m1/s1. The molecular weight excluding hydrogens is 366 g/mol. The number of ether oxygens (including phenoxy) is 1. The number of carbonyl (C=O) groups is 2. The number of hydrogen-bond donors (Lipinski definition) is 1. The van der Waals surface area contributed by atoms with Gasteiger partial charge in [0, 0.05) is 11.8 Å². The first-order chi connectivity index (χ1) is 12.6. The van der Waals surface area contributed by atoms with Crippen molar-refractivity contribution in [2.24, 2.45) is 16.7 Å². The topological polar surface area (TPSA) is 89.5 Å². The molecule has 148 valence electrons. The average Bonchev–Trinajstić information content (AvgIpc) is 2.95. The number of Topliss-reactive ketones (excluding diaryl/α,β-unsaturated/α-hetero) is 1. The van der Waals surface area contributed by atoms with E-state index in [1.165, 1.54) is 7.11 Å². The third kappa shape index (κ3) is 3.55. The molecule has 0 spiro atoms. The van der Waals surface area contributed by atoms with Crippen LogP contribution < -0.4 is 4.72 Å². The molecule has 0 radical (unpaired) electrons. The Bertz CT molecular complexity index is 833. The van der Waals surface area contributed by atoms with Crippen molar-refractivity contribution in [2.45, 2.75) is 45.6 Å². The van der Waals surface area contributed by atoms with E-state index in [0.29, 0.717) is 12.8 Å². The van der Waals surface area contributed by atoms with Crippen LogP contribution in [0.25, 0.3) is 0 Å². The van der Waals surface area contributed by atoms with Crippen LogP contribution in [-0.2, 0) is 30.8 Å². The Morgan fingerprint density at radius 1 is 1.30 bits per heavy atom. The molecule has 1 aromatic rings. The number of nitrogens with one attached hydrogen (secondary N) is 1. The summed E-state index contributed by atoms with van der Waals surface area (Å²) in [4.78, 5) is 24.8. The van der Waals surface area contributed by atoms with Crippen molar-refractivity contribution in [3.8, 4) is 0 Å². The van der Waals surface area contributed by atoms with E-state index in [4.69, 9.17) is 4.74 Å². The number of carbonyl (C=O) groups excluding carboxylic acids is 2. The van der Waals surface area contributed by atoms with Crippen LogP contribution in [0.15, 0.2) is 30.3 Å². The van der Waals surface area contributed by atoms with Crippen LogP contribution in [0.5, 0.6) is 0 Å². The number of hydrogen-bond acceptors (Lipinski definition) is 5. The average molecular weight is 394 g/mol. The number of methoxy groups -OCH3 is 1. The molecule has 2 fully saturated rings. The van der Waals surface area contributed by atoms with Gasteiger partial charge in [-0.1, -0.05) is 44.2 Å². The lowest BCUT2D eigenvalue weighted by molar-refractivity contribution is -0.142. The molecule has 2 saturated carbocycles. The second-order valence-corrected chi connectivity index (χ2v) is 10.1.